The zero-order chi connectivity index (χ0) is 15.9. The molecule has 0 aliphatic heterocycles. The lowest BCUT2D eigenvalue weighted by Crippen LogP contribution is -2.34. The van der Waals surface area contributed by atoms with Crippen LogP contribution in [0.1, 0.15) is 39.7 Å². The van der Waals surface area contributed by atoms with E-state index in [4.69, 9.17) is 0 Å². The first-order valence-corrected chi connectivity index (χ1v) is 8.79. The Labute approximate surface area is 127 Å². The molecule has 0 spiro atoms. The number of rotatable bonds is 10. The van der Waals surface area contributed by atoms with Gasteiger partial charge in [0.1, 0.15) is 0 Å². The summed E-state index contributed by atoms with van der Waals surface area (Å²) in [6.07, 6.45) is 5.07. The molecule has 0 amide bonds. The van der Waals surface area contributed by atoms with Crippen molar-refractivity contribution in [2.45, 2.75) is 39.7 Å². The predicted octanol–water partition coefficient (Wildman–Crippen LogP) is 1.44. The molecule has 1 heterocycles. The average Bonchev–Trinajstić information content (AvgIpc) is 2.86. The second-order valence-electron chi connectivity index (χ2n) is 5.33. The molecule has 0 aromatic carbocycles. The molecule has 122 valence electrons. The van der Waals surface area contributed by atoms with Crippen LogP contribution in [-0.2, 0) is 10.2 Å². The van der Waals surface area contributed by atoms with Gasteiger partial charge in [-0.25, -0.2) is 0 Å². The Morgan fingerprint density at radius 3 is 2.67 bits per heavy atom. The summed E-state index contributed by atoms with van der Waals surface area (Å²) in [5.74, 6) is 0. The van der Waals surface area contributed by atoms with Gasteiger partial charge in [0, 0.05) is 25.8 Å². The van der Waals surface area contributed by atoms with Crippen molar-refractivity contribution in [3.8, 4) is 0 Å². The van der Waals surface area contributed by atoms with Gasteiger partial charge < -0.3 is 5.32 Å². The third-order valence-electron chi connectivity index (χ3n) is 3.04. The van der Waals surface area contributed by atoms with E-state index in [0.29, 0.717) is 12.2 Å². The monoisotopic (exact) mass is 317 g/mol. The first-order chi connectivity index (χ1) is 9.86. The van der Waals surface area contributed by atoms with Crippen LogP contribution < -0.4 is 10.0 Å². The van der Waals surface area contributed by atoms with Crippen LogP contribution in [0.15, 0.2) is 12.4 Å². The normalized spacial score (nSPS) is 12.3. The highest BCUT2D eigenvalue weighted by molar-refractivity contribution is 7.90. The molecule has 1 aromatic rings. The zero-order valence-electron chi connectivity index (χ0n) is 13.3. The van der Waals surface area contributed by atoms with Crippen molar-refractivity contribution in [1.29, 1.82) is 0 Å². The molecule has 0 atom stereocenters. The zero-order valence-corrected chi connectivity index (χ0v) is 14.2. The summed E-state index contributed by atoms with van der Waals surface area (Å²) in [4.78, 5) is 0. The summed E-state index contributed by atoms with van der Waals surface area (Å²) in [6.45, 7) is 8.33. The summed E-state index contributed by atoms with van der Waals surface area (Å²) < 4.78 is 29.9. The molecule has 0 saturated heterocycles. The highest BCUT2D eigenvalue weighted by Crippen LogP contribution is 2.12. The number of hydrogen-bond acceptors (Lipinski definition) is 4. The molecule has 0 aliphatic carbocycles. The number of nitrogens with one attached hydrogen (secondary N) is 2. The van der Waals surface area contributed by atoms with Gasteiger partial charge in [0.25, 0.3) is 0 Å². The standard InChI is InChI=1S/C13H27N5O2S/c1-5-7-14-8-6-9-17(4)21(19,20)16-13-10-15-18(11-13)12(2)3/h10-12,14,16H,5-9H2,1-4H3. The fourth-order valence-corrected chi connectivity index (χ4v) is 2.68. The summed E-state index contributed by atoms with van der Waals surface area (Å²) in [5, 5.41) is 7.37. The number of nitrogens with zero attached hydrogens (tertiary/aromatic N) is 3. The molecular formula is C13H27N5O2S. The first-order valence-electron chi connectivity index (χ1n) is 7.35. The molecule has 0 saturated carbocycles. The number of anilines is 1. The third-order valence-corrected chi connectivity index (χ3v) is 4.54. The summed E-state index contributed by atoms with van der Waals surface area (Å²) in [7, 11) is -1.94. The van der Waals surface area contributed by atoms with Crippen LogP contribution in [0.3, 0.4) is 0 Å². The van der Waals surface area contributed by atoms with Gasteiger partial charge in [-0.2, -0.15) is 17.8 Å². The Morgan fingerprint density at radius 2 is 2.10 bits per heavy atom. The van der Waals surface area contributed by atoms with Crippen LogP contribution >= 0.6 is 0 Å². The van der Waals surface area contributed by atoms with Crippen LogP contribution in [-0.4, -0.2) is 49.2 Å². The Hall–Kier alpha value is -1.12. The minimum Gasteiger partial charge on any atom is -0.317 e. The Bertz CT molecular complexity index is 512. The van der Waals surface area contributed by atoms with E-state index < -0.39 is 10.2 Å². The predicted molar refractivity (Wildman–Crippen MR) is 85.6 cm³/mol. The Morgan fingerprint density at radius 1 is 1.38 bits per heavy atom. The van der Waals surface area contributed by atoms with E-state index in [2.05, 4.69) is 22.1 Å². The number of aromatic nitrogens is 2. The maximum Gasteiger partial charge on any atom is 0.301 e. The average molecular weight is 317 g/mol. The molecule has 8 heteroatoms. The maximum absolute atomic E-state index is 12.2. The first kappa shape index (κ1) is 17.9. The van der Waals surface area contributed by atoms with Gasteiger partial charge in [-0.15, -0.1) is 0 Å². The lowest BCUT2D eigenvalue weighted by molar-refractivity contribution is 0.458. The van der Waals surface area contributed by atoms with Gasteiger partial charge in [0.2, 0.25) is 0 Å². The van der Waals surface area contributed by atoms with Crippen LogP contribution in [0.25, 0.3) is 0 Å². The van der Waals surface area contributed by atoms with Crippen molar-refractivity contribution in [3.05, 3.63) is 12.4 Å². The van der Waals surface area contributed by atoms with E-state index in [1.807, 2.05) is 13.8 Å². The van der Waals surface area contributed by atoms with Crippen molar-refractivity contribution >= 4 is 15.9 Å². The van der Waals surface area contributed by atoms with Crippen molar-refractivity contribution in [1.82, 2.24) is 19.4 Å². The minimum atomic E-state index is -3.52. The molecule has 0 aliphatic rings. The van der Waals surface area contributed by atoms with Gasteiger partial charge in [0.15, 0.2) is 0 Å². The molecule has 1 aromatic heterocycles. The second-order valence-corrected chi connectivity index (χ2v) is 7.11. The highest BCUT2D eigenvalue weighted by atomic mass is 32.2. The fraction of sp³-hybridized carbons (Fsp3) is 0.769. The van der Waals surface area contributed by atoms with Gasteiger partial charge in [-0.3, -0.25) is 9.40 Å². The lowest BCUT2D eigenvalue weighted by Gasteiger charge is -2.17. The molecule has 2 N–H and O–H groups in total. The summed E-state index contributed by atoms with van der Waals surface area (Å²) in [6, 6.07) is 0.200. The van der Waals surface area contributed by atoms with Crippen LogP contribution in [0, 0.1) is 0 Å². The molecule has 0 bridgehead atoms. The number of hydrogen-bond donors (Lipinski definition) is 2. The van der Waals surface area contributed by atoms with Gasteiger partial charge in [-0.1, -0.05) is 6.92 Å². The lowest BCUT2D eigenvalue weighted by atomic mass is 10.4. The van der Waals surface area contributed by atoms with Crippen molar-refractivity contribution in [3.63, 3.8) is 0 Å². The maximum atomic E-state index is 12.2. The summed E-state index contributed by atoms with van der Waals surface area (Å²) >= 11 is 0. The van der Waals surface area contributed by atoms with Crippen molar-refractivity contribution in [2.24, 2.45) is 0 Å². The van der Waals surface area contributed by atoms with Gasteiger partial charge in [0.05, 0.1) is 11.9 Å². The van der Waals surface area contributed by atoms with Gasteiger partial charge >= 0.3 is 10.2 Å². The topological polar surface area (TPSA) is 79.3 Å². The fourth-order valence-electron chi connectivity index (χ4n) is 1.75. The van der Waals surface area contributed by atoms with E-state index in [1.54, 1.807) is 17.9 Å². The van der Waals surface area contributed by atoms with E-state index in [-0.39, 0.29) is 6.04 Å². The van der Waals surface area contributed by atoms with Crippen molar-refractivity contribution in [2.75, 3.05) is 31.4 Å². The van der Waals surface area contributed by atoms with Crippen LogP contribution in [0.5, 0.6) is 0 Å². The quantitative estimate of drug-likeness (QED) is 0.640. The SMILES string of the molecule is CCCNCCCN(C)S(=O)(=O)Nc1cnn(C(C)C)c1. The Balaban J connectivity index is 2.47. The molecule has 21 heavy (non-hydrogen) atoms. The van der Waals surface area contributed by atoms with E-state index in [0.717, 1.165) is 25.9 Å². The molecule has 1 rings (SSSR count). The molecule has 0 unspecified atom stereocenters. The smallest absolute Gasteiger partial charge is 0.301 e. The van der Waals surface area contributed by atoms with Crippen LogP contribution in [0.2, 0.25) is 0 Å². The van der Waals surface area contributed by atoms with Gasteiger partial charge in [-0.05, 0) is 39.8 Å². The molecule has 7 nitrogen and oxygen atoms in total. The second kappa shape index (κ2) is 8.35. The van der Waals surface area contributed by atoms with Crippen molar-refractivity contribution < 1.29 is 8.42 Å². The largest absolute Gasteiger partial charge is 0.317 e. The minimum absolute atomic E-state index is 0.200. The highest BCUT2D eigenvalue weighted by Gasteiger charge is 2.18. The molecule has 0 fully saturated rings. The van der Waals surface area contributed by atoms with Crippen LogP contribution in [0.4, 0.5) is 5.69 Å². The van der Waals surface area contributed by atoms with E-state index in [1.165, 1.54) is 10.5 Å². The van der Waals surface area contributed by atoms with E-state index >= 15 is 0 Å². The molecular weight excluding hydrogens is 290 g/mol. The Kier molecular flexibility index (Phi) is 7.13. The van der Waals surface area contributed by atoms with E-state index in [9.17, 15) is 8.42 Å². The molecule has 0 radical (unpaired) electrons. The third kappa shape index (κ3) is 6.03. The summed E-state index contributed by atoms with van der Waals surface area (Å²) in [5.41, 5.74) is 0.486.